The van der Waals surface area contributed by atoms with E-state index in [1.54, 1.807) is 0 Å². The summed E-state index contributed by atoms with van der Waals surface area (Å²) in [6.45, 7) is 6.57. The van der Waals surface area contributed by atoms with Gasteiger partial charge in [-0.2, -0.15) is 0 Å². The van der Waals surface area contributed by atoms with Crippen molar-refractivity contribution in [3.05, 3.63) is 0 Å². The van der Waals surface area contributed by atoms with Gasteiger partial charge < -0.3 is 4.90 Å². The second-order valence-corrected chi connectivity index (χ2v) is 5.06. The van der Waals surface area contributed by atoms with Crippen molar-refractivity contribution >= 4 is 5.78 Å². The first kappa shape index (κ1) is 12.7. The summed E-state index contributed by atoms with van der Waals surface area (Å²) >= 11 is 0. The van der Waals surface area contributed by atoms with Gasteiger partial charge in [0.1, 0.15) is 5.78 Å². The molecule has 1 atom stereocenters. The van der Waals surface area contributed by atoms with Crippen molar-refractivity contribution in [1.82, 2.24) is 4.90 Å². The molecule has 0 aromatic rings. The number of hydrogen-bond donors (Lipinski definition) is 0. The highest BCUT2D eigenvalue weighted by atomic mass is 16.1. The van der Waals surface area contributed by atoms with Gasteiger partial charge in [-0.05, 0) is 51.7 Å². The Morgan fingerprint density at radius 1 is 1.40 bits per heavy atom. The summed E-state index contributed by atoms with van der Waals surface area (Å²) in [6, 6.07) is 0. The van der Waals surface area contributed by atoms with Crippen LogP contribution in [-0.4, -0.2) is 30.8 Å². The van der Waals surface area contributed by atoms with Crippen LogP contribution in [0.4, 0.5) is 0 Å². The van der Waals surface area contributed by atoms with E-state index in [-0.39, 0.29) is 5.92 Å². The number of piperidine rings is 1. The summed E-state index contributed by atoms with van der Waals surface area (Å²) in [6.07, 6.45) is 5.49. The lowest BCUT2D eigenvalue weighted by Gasteiger charge is -2.28. The van der Waals surface area contributed by atoms with E-state index in [4.69, 9.17) is 0 Å². The third kappa shape index (κ3) is 4.33. The van der Waals surface area contributed by atoms with Gasteiger partial charge in [0, 0.05) is 12.3 Å². The van der Waals surface area contributed by atoms with Gasteiger partial charge in [-0.1, -0.05) is 13.8 Å². The lowest BCUT2D eigenvalue weighted by atomic mass is 9.89. The Kier molecular flexibility index (Phi) is 5.30. The van der Waals surface area contributed by atoms with Crippen LogP contribution in [0, 0.1) is 11.8 Å². The molecule has 0 spiro atoms. The van der Waals surface area contributed by atoms with Gasteiger partial charge in [0.2, 0.25) is 0 Å². The molecule has 0 aliphatic carbocycles. The molecular formula is C13H25NO. The van der Waals surface area contributed by atoms with Crippen LogP contribution >= 0.6 is 0 Å². The van der Waals surface area contributed by atoms with Crippen molar-refractivity contribution < 1.29 is 4.79 Å². The number of ketones is 1. The molecule has 1 unspecified atom stereocenters. The van der Waals surface area contributed by atoms with E-state index in [2.05, 4.69) is 25.8 Å². The molecule has 0 amide bonds. The number of hydrogen-bond acceptors (Lipinski definition) is 2. The highest BCUT2D eigenvalue weighted by molar-refractivity contribution is 5.80. The molecule has 1 rings (SSSR count). The Labute approximate surface area is 94.0 Å². The predicted octanol–water partition coefficient (Wildman–Crippen LogP) is 2.72. The Hall–Kier alpha value is -0.370. The van der Waals surface area contributed by atoms with E-state index in [1.807, 2.05) is 0 Å². The first-order chi connectivity index (χ1) is 7.13. The number of carbonyl (C=O) groups is 1. The van der Waals surface area contributed by atoms with E-state index in [0.717, 1.165) is 25.2 Å². The summed E-state index contributed by atoms with van der Waals surface area (Å²) in [5.41, 5.74) is 0. The molecule has 0 bridgehead atoms. The first-order valence-electron chi connectivity index (χ1n) is 6.34. The van der Waals surface area contributed by atoms with Crippen LogP contribution in [0.3, 0.4) is 0 Å². The summed E-state index contributed by atoms with van der Waals surface area (Å²) in [5.74, 6) is 1.54. The van der Waals surface area contributed by atoms with Crippen molar-refractivity contribution in [2.45, 2.75) is 46.0 Å². The van der Waals surface area contributed by atoms with Crippen LogP contribution in [0.5, 0.6) is 0 Å². The van der Waals surface area contributed by atoms with Gasteiger partial charge in [0.25, 0.3) is 0 Å². The lowest BCUT2D eigenvalue weighted by molar-refractivity contribution is -0.122. The van der Waals surface area contributed by atoms with E-state index < -0.39 is 0 Å². The third-order valence-corrected chi connectivity index (χ3v) is 3.80. The van der Waals surface area contributed by atoms with Crippen LogP contribution < -0.4 is 0 Å². The molecule has 1 heterocycles. The van der Waals surface area contributed by atoms with Gasteiger partial charge in [-0.3, -0.25) is 4.79 Å². The van der Waals surface area contributed by atoms with Crippen LogP contribution in [0.2, 0.25) is 0 Å². The number of rotatable bonds is 5. The molecule has 1 fully saturated rings. The summed E-state index contributed by atoms with van der Waals surface area (Å²) in [5, 5.41) is 0. The van der Waals surface area contributed by atoms with Crippen LogP contribution in [-0.2, 0) is 4.79 Å². The minimum Gasteiger partial charge on any atom is -0.306 e. The van der Waals surface area contributed by atoms with Gasteiger partial charge in [-0.25, -0.2) is 0 Å². The number of nitrogens with zero attached hydrogens (tertiary/aromatic N) is 1. The Morgan fingerprint density at radius 3 is 2.53 bits per heavy atom. The zero-order valence-electron chi connectivity index (χ0n) is 10.5. The Balaban J connectivity index is 2.17. The Morgan fingerprint density at radius 2 is 2.00 bits per heavy atom. The fraction of sp³-hybridized carbons (Fsp3) is 0.923. The maximum absolute atomic E-state index is 11.7. The van der Waals surface area contributed by atoms with E-state index >= 15 is 0 Å². The lowest BCUT2D eigenvalue weighted by Crippen LogP contribution is -2.30. The molecule has 2 nitrogen and oxygen atoms in total. The average Bonchev–Trinajstić information content (AvgIpc) is 2.26. The maximum atomic E-state index is 11.7. The van der Waals surface area contributed by atoms with Gasteiger partial charge in [-0.15, -0.1) is 0 Å². The molecule has 0 radical (unpaired) electrons. The normalized spacial score (nSPS) is 21.5. The van der Waals surface area contributed by atoms with Crippen molar-refractivity contribution in [3.63, 3.8) is 0 Å². The third-order valence-electron chi connectivity index (χ3n) is 3.80. The second kappa shape index (κ2) is 6.26. The van der Waals surface area contributed by atoms with Gasteiger partial charge >= 0.3 is 0 Å². The fourth-order valence-electron chi connectivity index (χ4n) is 2.17. The van der Waals surface area contributed by atoms with E-state index in [1.165, 1.54) is 25.9 Å². The van der Waals surface area contributed by atoms with E-state index in [0.29, 0.717) is 5.78 Å². The Bertz CT molecular complexity index is 195. The summed E-state index contributed by atoms with van der Waals surface area (Å²) in [7, 11) is 2.18. The van der Waals surface area contributed by atoms with Crippen LogP contribution in [0.25, 0.3) is 0 Å². The molecular weight excluding hydrogens is 186 g/mol. The molecule has 0 saturated carbocycles. The van der Waals surface area contributed by atoms with Crippen molar-refractivity contribution in [2.75, 3.05) is 20.1 Å². The second-order valence-electron chi connectivity index (χ2n) is 5.06. The first-order valence-corrected chi connectivity index (χ1v) is 6.34. The number of Topliss-reactive ketones (excluding diaryl/α,β-unsaturated/α-hetero) is 1. The molecule has 1 aliphatic heterocycles. The highest BCUT2D eigenvalue weighted by Crippen LogP contribution is 2.22. The minimum atomic E-state index is 0.274. The smallest absolute Gasteiger partial charge is 0.135 e. The average molecular weight is 211 g/mol. The molecule has 0 aromatic heterocycles. The molecule has 0 N–H and O–H groups in total. The standard InChI is InChI=1S/C13H25NO/c1-4-11(2)13(15)6-5-12-7-9-14(3)10-8-12/h11-12H,4-10H2,1-3H3. The van der Waals surface area contributed by atoms with Crippen molar-refractivity contribution in [2.24, 2.45) is 11.8 Å². The zero-order chi connectivity index (χ0) is 11.3. The largest absolute Gasteiger partial charge is 0.306 e. The molecule has 2 heteroatoms. The predicted molar refractivity (Wildman–Crippen MR) is 63.9 cm³/mol. The van der Waals surface area contributed by atoms with Gasteiger partial charge in [0.15, 0.2) is 0 Å². The monoisotopic (exact) mass is 211 g/mol. The fourth-order valence-corrected chi connectivity index (χ4v) is 2.17. The SMILES string of the molecule is CCC(C)C(=O)CCC1CCN(C)CC1. The number of likely N-dealkylation sites (tertiary alicyclic amines) is 1. The molecule has 15 heavy (non-hydrogen) atoms. The molecule has 1 aliphatic rings. The summed E-state index contributed by atoms with van der Waals surface area (Å²) in [4.78, 5) is 14.1. The maximum Gasteiger partial charge on any atom is 0.135 e. The molecule has 1 saturated heterocycles. The van der Waals surface area contributed by atoms with Crippen LogP contribution in [0.15, 0.2) is 0 Å². The topological polar surface area (TPSA) is 20.3 Å². The minimum absolute atomic E-state index is 0.274. The quantitative estimate of drug-likeness (QED) is 0.697. The zero-order valence-corrected chi connectivity index (χ0v) is 10.5. The van der Waals surface area contributed by atoms with E-state index in [9.17, 15) is 4.79 Å². The molecule has 0 aromatic carbocycles. The summed E-state index contributed by atoms with van der Waals surface area (Å²) < 4.78 is 0. The van der Waals surface area contributed by atoms with Crippen molar-refractivity contribution in [3.8, 4) is 0 Å². The van der Waals surface area contributed by atoms with Crippen LogP contribution in [0.1, 0.15) is 46.0 Å². The van der Waals surface area contributed by atoms with Gasteiger partial charge in [0.05, 0.1) is 0 Å². The molecule has 88 valence electrons. The van der Waals surface area contributed by atoms with Crippen molar-refractivity contribution in [1.29, 1.82) is 0 Å². The highest BCUT2D eigenvalue weighted by Gasteiger charge is 2.18. The number of carbonyl (C=O) groups excluding carboxylic acids is 1.